The number of rotatable bonds is 9. The van der Waals surface area contributed by atoms with Crippen molar-refractivity contribution in [1.29, 1.82) is 0 Å². The van der Waals surface area contributed by atoms with Gasteiger partial charge in [-0.2, -0.15) is 9.78 Å². The summed E-state index contributed by atoms with van der Waals surface area (Å²) in [6, 6.07) is 14.2. The lowest BCUT2D eigenvalue weighted by Gasteiger charge is -2.17. The lowest BCUT2D eigenvalue weighted by molar-refractivity contribution is 0.0842. The average molecular weight is 466 g/mol. The molecule has 3 rings (SSSR count). The van der Waals surface area contributed by atoms with Crippen LogP contribution in [-0.4, -0.2) is 41.4 Å². The Balaban J connectivity index is 1.79. The van der Waals surface area contributed by atoms with E-state index in [0.29, 0.717) is 42.8 Å². The molecule has 34 heavy (non-hydrogen) atoms. The van der Waals surface area contributed by atoms with Crippen LogP contribution in [0.2, 0.25) is 0 Å². The summed E-state index contributed by atoms with van der Waals surface area (Å²) in [6.45, 7) is 6.55. The average Bonchev–Trinajstić information content (AvgIpc) is 2.85. The Morgan fingerprint density at radius 1 is 0.824 bits per heavy atom. The number of ether oxygens (including phenoxy) is 3. The number of carbonyl (C=O) groups is 2. The van der Waals surface area contributed by atoms with Crippen LogP contribution in [0.5, 0.6) is 17.2 Å². The second-order valence-electron chi connectivity index (χ2n) is 6.81. The summed E-state index contributed by atoms with van der Waals surface area (Å²) in [5.74, 6) is -0.195. The van der Waals surface area contributed by atoms with Crippen molar-refractivity contribution in [3.05, 3.63) is 76.2 Å². The van der Waals surface area contributed by atoms with Crippen LogP contribution < -0.4 is 30.6 Å². The molecule has 0 aliphatic carbocycles. The van der Waals surface area contributed by atoms with E-state index in [1.165, 1.54) is 24.3 Å². The van der Waals surface area contributed by atoms with Gasteiger partial charge in [-0.15, -0.1) is 0 Å². The normalized spacial score (nSPS) is 10.3. The van der Waals surface area contributed by atoms with E-state index < -0.39 is 17.4 Å². The molecule has 2 N–H and O–H groups in total. The topological polar surface area (TPSA) is 121 Å². The zero-order valence-electron chi connectivity index (χ0n) is 19.2. The Labute approximate surface area is 196 Å². The number of nitrogens with one attached hydrogen (secondary N) is 2. The highest BCUT2D eigenvalue weighted by Gasteiger charge is 2.19. The van der Waals surface area contributed by atoms with Crippen molar-refractivity contribution < 1.29 is 23.8 Å². The smallest absolute Gasteiger partial charge is 0.290 e. The summed E-state index contributed by atoms with van der Waals surface area (Å²) in [7, 11) is 0. The van der Waals surface area contributed by atoms with Gasteiger partial charge in [0.1, 0.15) is 0 Å². The number of hydrazine groups is 1. The van der Waals surface area contributed by atoms with E-state index in [1.807, 2.05) is 20.8 Å². The minimum absolute atomic E-state index is 0.0551. The van der Waals surface area contributed by atoms with Crippen molar-refractivity contribution in [3.63, 3.8) is 0 Å². The number of nitrogens with zero attached hydrogens (tertiary/aromatic N) is 2. The van der Waals surface area contributed by atoms with Crippen LogP contribution in [-0.2, 0) is 0 Å². The van der Waals surface area contributed by atoms with Gasteiger partial charge in [-0.3, -0.25) is 25.2 Å². The van der Waals surface area contributed by atoms with Crippen LogP contribution in [0.4, 0.5) is 0 Å². The maximum absolute atomic E-state index is 12.8. The lowest BCUT2D eigenvalue weighted by atomic mass is 10.1. The molecule has 2 amide bonds. The molecule has 0 spiro atoms. The quantitative estimate of drug-likeness (QED) is 0.465. The van der Waals surface area contributed by atoms with Crippen molar-refractivity contribution in [2.75, 3.05) is 19.8 Å². The van der Waals surface area contributed by atoms with Gasteiger partial charge in [0, 0.05) is 11.6 Å². The maximum atomic E-state index is 12.8. The highest BCUT2D eigenvalue weighted by atomic mass is 16.5. The van der Waals surface area contributed by atoms with Crippen LogP contribution in [0.15, 0.2) is 59.4 Å². The summed E-state index contributed by atoms with van der Waals surface area (Å²) in [4.78, 5) is 37.5. The molecule has 0 radical (unpaired) electrons. The minimum atomic E-state index is -0.695. The monoisotopic (exact) mass is 466 g/mol. The Morgan fingerprint density at radius 2 is 1.41 bits per heavy atom. The van der Waals surface area contributed by atoms with Crippen molar-refractivity contribution in [2.45, 2.75) is 20.8 Å². The van der Waals surface area contributed by atoms with Crippen LogP contribution in [0.1, 0.15) is 41.6 Å². The molecule has 1 heterocycles. The van der Waals surface area contributed by atoms with Gasteiger partial charge in [-0.25, -0.2) is 0 Å². The van der Waals surface area contributed by atoms with Crippen LogP contribution in [0, 0.1) is 0 Å². The molecule has 178 valence electrons. The SMILES string of the molecule is CCOc1cc(C(=O)NNC(=O)c2ccc(=O)n(-c3ccccc3)n2)cc(OCC)c1OCC. The molecule has 2 aromatic carbocycles. The van der Waals surface area contributed by atoms with Gasteiger partial charge < -0.3 is 14.2 Å². The van der Waals surface area contributed by atoms with Crippen molar-refractivity contribution >= 4 is 11.8 Å². The van der Waals surface area contributed by atoms with E-state index in [2.05, 4.69) is 16.0 Å². The molecule has 0 atom stereocenters. The zero-order valence-corrected chi connectivity index (χ0v) is 19.2. The van der Waals surface area contributed by atoms with Gasteiger partial charge >= 0.3 is 0 Å². The fourth-order valence-corrected chi connectivity index (χ4v) is 3.06. The predicted octanol–water partition coefficient (Wildman–Crippen LogP) is 2.50. The van der Waals surface area contributed by atoms with Crippen LogP contribution in [0.25, 0.3) is 5.69 Å². The molecule has 1 aromatic heterocycles. The molecular weight excluding hydrogens is 440 g/mol. The molecule has 3 aromatic rings. The van der Waals surface area contributed by atoms with Crippen molar-refractivity contribution in [1.82, 2.24) is 20.6 Å². The Hall–Kier alpha value is -4.34. The molecule has 0 saturated carbocycles. The van der Waals surface area contributed by atoms with E-state index in [0.717, 1.165) is 4.68 Å². The van der Waals surface area contributed by atoms with Gasteiger partial charge in [0.2, 0.25) is 5.75 Å². The third kappa shape index (κ3) is 5.71. The number of para-hydroxylation sites is 1. The third-order valence-electron chi connectivity index (χ3n) is 4.49. The van der Waals surface area contributed by atoms with Gasteiger partial charge in [0.25, 0.3) is 17.4 Å². The largest absolute Gasteiger partial charge is 0.490 e. The van der Waals surface area contributed by atoms with E-state index >= 15 is 0 Å². The van der Waals surface area contributed by atoms with E-state index in [1.54, 1.807) is 30.3 Å². The molecule has 0 fully saturated rings. The minimum Gasteiger partial charge on any atom is -0.490 e. The molecule has 0 unspecified atom stereocenters. The van der Waals surface area contributed by atoms with Crippen LogP contribution >= 0.6 is 0 Å². The first-order valence-electron chi connectivity index (χ1n) is 10.8. The summed E-state index contributed by atoms with van der Waals surface area (Å²) in [5, 5.41) is 4.09. The van der Waals surface area contributed by atoms with E-state index in [4.69, 9.17) is 14.2 Å². The van der Waals surface area contributed by atoms with E-state index in [9.17, 15) is 14.4 Å². The molecule has 0 saturated heterocycles. The second-order valence-corrected chi connectivity index (χ2v) is 6.81. The van der Waals surface area contributed by atoms with Crippen molar-refractivity contribution in [3.8, 4) is 22.9 Å². The number of hydrogen-bond donors (Lipinski definition) is 2. The van der Waals surface area contributed by atoms with Gasteiger partial charge in [-0.1, -0.05) is 18.2 Å². The number of hydrogen-bond acceptors (Lipinski definition) is 7. The molecule has 0 aliphatic rings. The molecule has 10 nitrogen and oxygen atoms in total. The first-order chi connectivity index (χ1) is 16.5. The Morgan fingerprint density at radius 3 is 2.00 bits per heavy atom. The Bertz CT molecular complexity index is 1180. The number of carbonyl (C=O) groups excluding carboxylic acids is 2. The first kappa shape index (κ1) is 24.3. The van der Waals surface area contributed by atoms with E-state index in [-0.39, 0.29) is 11.3 Å². The van der Waals surface area contributed by atoms with Gasteiger partial charge in [-0.05, 0) is 51.1 Å². The first-order valence-corrected chi connectivity index (χ1v) is 10.8. The zero-order chi connectivity index (χ0) is 24.5. The lowest BCUT2D eigenvalue weighted by Crippen LogP contribution is -2.42. The van der Waals surface area contributed by atoms with Gasteiger partial charge in [0.15, 0.2) is 17.2 Å². The molecule has 10 heteroatoms. The Kier molecular flexibility index (Phi) is 8.22. The number of benzene rings is 2. The standard InChI is InChI=1S/C24H26N4O6/c1-4-32-19-14-16(15-20(33-5-2)22(19)34-6-3)23(30)25-26-24(31)18-12-13-21(29)28(27-18)17-10-8-7-9-11-17/h7-15H,4-6H2,1-3H3,(H,25,30)(H,26,31). The van der Waals surface area contributed by atoms with Crippen LogP contribution in [0.3, 0.4) is 0 Å². The molecule has 0 bridgehead atoms. The van der Waals surface area contributed by atoms with Crippen molar-refractivity contribution in [2.24, 2.45) is 0 Å². The number of amides is 2. The molecule has 0 aliphatic heterocycles. The fourth-order valence-electron chi connectivity index (χ4n) is 3.06. The van der Waals surface area contributed by atoms with Gasteiger partial charge in [0.05, 0.1) is 25.5 Å². The summed E-state index contributed by atoms with van der Waals surface area (Å²) in [5.41, 5.74) is 4.90. The summed E-state index contributed by atoms with van der Waals surface area (Å²) in [6.07, 6.45) is 0. The second kappa shape index (κ2) is 11.5. The highest BCUT2D eigenvalue weighted by molar-refractivity contribution is 5.99. The summed E-state index contributed by atoms with van der Waals surface area (Å²) < 4.78 is 18.0. The summed E-state index contributed by atoms with van der Waals surface area (Å²) >= 11 is 0. The highest BCUT2D eigenvalue weighted by Crippen LogP contribution is 2.39. The maximum Gasteiger partial charge on any atom is 0.290 e. The molecular formula is C24H26N4O6. The predicted molar refractivity (Wildman–Crippen MR) is 125 cm³/mol. The number of aromatic nitrogens is 2. The third-order valence-corrected chi connectivity index (χ3v) is 4.49. The fraction of sp³-hybridized carbons (Fsp3) is 0.250.